The topological polar surface area (TPSA) is 49.4 Å². The van der Waals surface area contributed by atoms with E-state index >= 15 is 0 Å². The molecule has 1 N–H and O–H groups in total. The van der Waals surface area contributed by atoms with E-state index in [1.54, 1.807) is 4.90 Å². The van der Waals surface area contributed by atoms with Gasteiger partial charge in [-0.15, -0.1) is 11.6 Å². The first-order chi connectivity index (χ1) is 9.60. The van der Waals surface area contributed by atoms with Crippen LogP contribution in [0.25, 0.3) is 0 Å². The van der Waals surface area contributed by atoms with E-state index in [-0.39, 0.29) is 29.6 Å². The maximum absolute atomic E-state index is 12.9. The largest absolute Gasteiger partial charge is 0.351 e. The number of halogens is 2. The predicted molar refractivity (Wildman–Crippen MR) is 74.2 cm³/mol. The van der Waals surface area contributed by atoms with Crippen LogP contribution in [-0.4, -0.2) is 41.7 Å². The summed E-state index contributed by atoms with van der Waals surface area (Å²) in [6, 6.07) is 5.41. The quantitative estimate of drug-likeness (QED) is 0.865. The molecule has 0 spiro atoms. The van der Waals surface area contributed by atoms with Crippen molar-refractivity contribution in [3.63, 3.8) is 0 Å². The molecule has 0 saturated carbocycles. The van der Waals surface area contributed by atoms with Gasteiger partial charge in [-0.25, -0.2) is 4.39 Å². The maximum Gasteiger partial charge on any atom is 0.253 e. The van der Waals surface area contributed by atoms with E-state index in [4.69, 9.17) is 11.6 Å². The molecular weight excluding hydrogens is 283 g/mol. The van der Waals surface area contributed by atoms with Crippen molar-refractivity contribution in [1.29, 1.82) is 0 Å². The number of nitrogens with zero attached hydrogens (tertiary/aromatic N) is 1. The highest BCUT2D eigenvalue weighted by molar-refractivity contribution is 6.27. The van der Waals surface area contributed by atoms with Gasteiger partial charge in [-0.1, -0.05) is 0 Å². The normalized spacial score (nSPS) is 18.7. The van der Waals surface area contributed by atoms with Gasteiger partial charge in [-0.05, 0) is 37.1 Å². The molecule has 1 saturated heterocycles. The van der Waals surface area contributed by atoms with E-state index in [0.29, 0.717) is 18.7 Å². The van der Waals surface area contributed by atoms with Crippen molar-refractivity contribution in [2.75, 3.05) is 19.0 Å². The van der Waals surface area contributed by atoms with Gasteiger partial charge in [0.1, 0.15) is 11.7 Å². The van der Waals surface area contributed by atoms with E-state index in [0.717, 1.165) is 12.8 Å². The molecule has 108 valence electrons. The third kappa shape index (κ3) is 3.70. The number of likely N-dealkylation sites (tertiary alicyclic amines) is 1. The van der Waals surface area contributed by atoms with Gasteiger partial charge in [0.05, 0.1) is 0 Å². The van der Waals surface area contributed by atoms with Crippen LogP contribution in [0.1, 0.15) is 23.2 Å². The van der Waals surface area contributed by atoms with Gasteiger partial charge in [0.25, 0.3) is 5.91 Å². The van der Waals surface area contributed by atoms with Crippen molar-refractivity contribution >= 4 is 23.4 Å². The first-order valence-corrected chi connectivity index (χ1v) is 7.04. The molecule has 1 heterocycles. The number of carbonyl (C=O) groups excluding carboxylic acids is 2. The fraction of sp³-hybridized carbons (Fsp3) is 0.429. The van der Waals surface area contributed by atoms with Gasteiger partial charge >= 0.3 is 0 Å². The smallest absolute Gasteiger partial charge is 0.253 e. The monoisotopic (exact) mass is 298 g/mol. The number of hydrogen-bond acceptors (Lipinski definition) is 2. The van der Waals surface area contributed by atoms with E-state index < -0.39 is 0 Å². The second-order valence-corrected chi connectivity index (χ2v) is 5.07. The number of alkyl halides is 1. The van der Waals surface area contributed by atoms with Crippen LogP contribution in [0.3, 0.4) is 0 Å². The van der Waals surface area contributed by atoms with Crippen LogP contribution in [0, 0.1) is 5.82 Å². The SMILES string of the molecule is O=C(CCl)N[C@H]1CCCN(C(=O)c2ccc(F)cc2)C1. The van der Waals surface area contributed by atoms with Gasteiger partial charge in [0.15, 0.2) is 0 Å². The molecule has 2 rings (SSSR count). The molecule has 0 aromatic heterocycles. The molecule has 4 nitrogen and oxygen atoms in total. The zero-order valence-electron chi connectivity index (χ0n) is 10.9. The lowest BCUT2D eigenvalue weighted by Gasteiger charge is -2.33. The Balaban J connectivity index is 1.99. The Morgan fingerprint density at radius 2 is 2.05 bits per heavy atom. The highest BCUT2D eigenvalue weighted by Crippen LogP contribution is 2.14. The van der Waals surface area contributed by atoms with Crippen molar-refractivity contribution in [3.05, 3.63) is 35.6 Å². The Kier molecular flexibility index (Phi) is 4.95. The minimum Gasteiger partial charge on any atom is -0.351 e. The average molecular weight is 299 g/mol. The fourth-order valence-corrected chi connectivity index (χ4v) is 2.40. The van der Waals surface area contributed by atoms with Crippen molar-refractivity contribution in [2.24, 2.45) is 0 Å². The molecule has 1 aromatic rings. The number of hydrogen-bond donors (Lipinski definition) is 1. The molecule has 6 heteroatoms. The van der Waals surface area contributed by atoms with E-state index in [2.05, 4.69) is 5.32 Å². The highest BCUT2D eigenvalue weighted by atomic mass is 35.5. The molecule has 20 heavy (non-hydrogen) atoms. The number of benzene rings is 1. The van der Waals surface area contributed by atoms with Gasteiger partial charge in [-0.3, -0.25) is 9.59 Å². The van der Waals surface area contributed by atoms with Crippen LogP contribution >= 0.6 is 11.6 Å². The molecule has 1 atom stereocenters. The molecule has 0 aliphatic carbocycles. The summed E-state index contributed by atoms with van der Waals surface area (Å²) in [5.74, 6) is -0.822. The zero-order valence-corrected chi connectivity index (χ0v) is 11.7. The summed E-state index contributed by atoms with van der Waals surface area (Å²) >= 11 is 5.45. The van der Waals surface area contributed by atoms with Crippen molar-refractivity contribution in [3.8, 4) is 0 Å². The lowest BCUT2D eigenvalue weighted by atomic mass is 10.0. The Morgan fingerprint density at radius 1 is 1.35 bits per heavy atom. The van der Waals surface area contributed by atoms with Gasteiger partial charge < -0.3 is 10.2 Å². The summed E-state index contributed by atoms with van der Waals surface area (Å²) in [6.07, 6.45) is 1.65. The minimum atomic E-state index is -0.368. The summed E-state index contributed by atoms with van der Waals surface area (Å²) in [6.45, 7) is 1.10. The molecule has 1 aromatic carbocycles. The van der Waals surface area contributed by atoms with Crippen molar-refractivity contribution in [1.82, 2.24) is 10.2 Å². The van der Waals surface area contributed by atoms with E-state index in [9.17, 15) is 14.0 Å². The van der Waals surface area contributed by atoms with Crippen LogP contribution in [0.4, 0.5) is 4.39 Å². The summed E-state index contributed by atoms with van der Waals surface area (Å²) in [4.78, 5) is 25.2. The first-order valence-electron chi connectivity index (χ1n) is 6.50. The zero-order chi connectivity index (χ0) is 14.5. The lowest BCUT2D eigenvalue weighted by molar-refractivity contribution is -0.119. The third-order valence-electron chi connectivity index (χ3n) is 3.29. The number of nitrogens with one attached hydrogen (secondary N) is 1. The number of rotatable bonds is 3. The molecule has 1 aliphatic rings. The van der Waals surface area contributed by atoms with Gasteiger partial charge in [-0.2, -0.15) is 0 Å². The lowest BCUT2D eigenvalue weighted by Crippen LogP contribution is -2.49. The Morgan fingerprint density at radius 3 is 2.70 bits per heavy atom. The first kappa shape index (κ1) is 14.8. The standard InChI is InChI=1S/C14H16ClFN2O2/c15-8-13(19)17-12-2-1-7-18(9-12)14(20)10-3-5-11(16)6-4-10/h3-6,12H,1-2,7-9H2,(H,17,19)/t12-/m0/s1. The van der Waals surface area contributed by atoms with Crippen LogP contribution < -0.4 is 5.32 Å². The van der Waals surface area contributed by atoms with Crippen LogP contribution in [0.5, 0.6) is 0 Å². The number of piperidine rings is 1. The van der Waals surface area contributed by atoms with Crippen LogP contribution in [0.2, 0.25) is 0 Å². The van der Waals surface area contributed by atoms with Crippen LogP contribution in [-0.2, 0) is 4.79 Å². The third-order valence-corrected chi connectivity index (χ3v) is 3.53. The molecule has 0 bridgehead atoms. The molecule has 1 fully saturated rings. The molecular formula is C14H16ClFN2O2. The van der Waals surface area contributed by atoms with Gasteiger partial charge in [0.2, 0.25) is 5.91 Å². The van der Waals surface area contributed by atoms with E-state index in [1.807, 2.05) is 0 Å². The maximum atomic E-state index is 12.9. The second kappa shape index (κ2) is 6.70. The summed E-state index contributed by atoms with van der Waals surface area (Å²) < 4.78 is 12.9. The minimum absolute atomic E-state index is 0.0700. The summed E-state index contributed by atoms with van der Waals surface area (Å²) in [5, 5.41) is 2.79. The average Bonchev–Trinajstić information content (AvgIpc) is 2.47. The molecule has 1 aliphatic heterocycles. The summed E-state index contributed by atoms with van der Waals surface area (Å²) in [5.41, 5.74) is 0.454. The highest BCUT2D eigenvalue weighted by Gasteiger charge is 2.25. The molecule has 0 unspecified atom stereocenters. The number of amides is 2. The Labute approximate surface area is 121 Å². The predicted octanol–water partition coefficient (Wildman–Crippen LogP) is 1.79. The van der Waals surface area contributed by atoms with Gasteiger partial charge in [0, 0.05) is 24.7 Å². The van der Waals surface area contributed by atoms with E-state index in [1.165, 1.54) is 24.3 Å². The summed E-state index contributed by atoms with van der Waals surface area (Å²) in [7, 11) is 0. The Bertz CT molecular complexity index is 492. The number of carbonyl (C=O) groups is 2. The second-order valence-electron chi connectivity index (χ2n) is 4.80. The Hall–Kier alpha value is -1.62. The molecule has 0 radical (unpaired) electrons. The van der Waals surface area contributed by atoms with Crippen molar-refractivity contribution in [2.45, 2.75) is 18.9 Å². The van der Waals surface area contributed by atoms with Crippen molar-refractivity contribution < 1.29 is 14.0 Å². The molecule has 2 amide bonds. The van der Waals surface area contributed by atoms with Crippen LogP contribution in [0.15, 0.2) is 24.3 Å². The fourth-order valence-electron chi connectivity index (χ4n) is 2.32.